The summed E-state index contributed by atoms with van der Waals surface area (Å²) in [5.74, 6) is 0.0638. The van der Waals surface area contributed by atoms with Gasteiger partial charge in [-0.25, -0.2) is 9.18 Å². The van der Waals surface area contributed by atoms with Gasteiger partial charge in [-0.15, -0.1) is 0 Å². The third-order valence-corrected chi connectivity index (χ3v) is 6.83. The van der Waals surface area contributed by atoms with Crippen LogP contribution in [-0.2, 0) is 11.3 Å². The van der Waals surface area contributed by atoms with E-state index in [2.05, 4.69) is 22.9 Å². The van der Waals surface area contributed by atoms with E-state index in [9.17, 15) is 14.0 Å². The Morgan fingerprint density at radius 3 is 2.69 bits per heavy atom. The standard InChI is InChI=1S/C25H31FN4O2/c1-15-4-9-20(29-25(32)28-13-17-5-7-19(26)8-6-17)12-21(15)22-11-18-14-27-16(2)10-23(18)30(3)24(22)31/h4-9,12,16,18,22-23,27H,10-11,13-14H2,1-3H3,(H2,28,29,32). The van der Waals surface area contributed by atoms with E-state index in [1.54, 1.807) is 12.1 Å². The van der Waals surface area contributed by atoms with Crippen molar-refractivity contribution in [1.82, 2.24) is 15.5 Å². The second-order valence-electron chi connectivity index (χ2n) is 9.12. The number of rotatable bonds is 4. The molecule has 4 atom stereocenters. The molecule has 2 saturated heterocycles. The number of anilines is 1. The fraction of sp³-hybridized carbons (Fsp3) is 0.440. The summed E-state index contributed by atoms with van der Waals surface area (Å²) in [6.45, 7) is 5.39. The molecule has 7 heteroatoms. The smallest absolute Gasteiger partial charge is 0.319 e. The highest BCUT2D eigenvalue weighted by molar-refractivity contribution is 5.90. The van der Waals surface area contributed by atoms with E-state index in [0.717, 1.165) is 36.1 Å². The van der Waals surface area contributed by atoms with Crippen LogP contribution in [0.4, 0.5) is 14.9 Å². The second-order valence-corrected chi connectivity index (χ2v) is 9.12. The van der Waals surface area contributed by atoms with Crippen LogP contribution in [0.2, 0.25) is 0 Å². The van der Waals surface area contributed by atoms with Gasteiger partial charge in [0.05, 0.1) is 5.92 Å². The van der Waals surface area contributed by atoms with Crippen LogP contribution in [0.5, 0.6) is 0 Å². The van der Waals surface area contributed by atoms with Gasteiger partial charge in [0.15, 0.2) is 0 Å². The molecule has 170 valence electrons. The van der Waals surface area contributed by atoms with Gasteiger partial charge in [0.1, 0.15) is 5.82 Å². The molecule has 6 nitrogen and oxygen atoms in total. The third kappa shape index (κ3) is 4.78. The van der Waals surface area contributed by atoms with Crippen molar-refractivity contribution in [2.45, 2.75) is 51.2 Å². The first-order valence-corrected chi connectivity index (χ1v) is 11.2. The first-order chi connectivity index (χ1) is 15.3. The monoisotopic (exact) mass is 438 g/mol. The first kappa shape index (κ1) is 22.3. The minimum atomic E-state index is -0.346. The Bertz CT molecular complexity index is 994. The maximum atomic E-state index is 13.2. The molecule has 0 bridgehead atoms. The van der Waals surface area contributed by atoms with Crippen LogP contribution in [0, 0.1) is 18.7 Å². The molecule has 32 heavy (non-hydrogen) atoms. The highest BCUT2D eigenvalue weighted by Crippen LogP contribution is 2.39. The lowest BCUT2D eigenvalue weighted by molar-refractivity contribution is -0.140. The molecular formula is C25H31FN4O2. The Morgan fingerprint density at radius 2 is 1.94 bits per heavy atom. The van der Waals surface area contributed by atoms with E-state index in [1.807, 2.05) is 37.1 Å². The number of aryl methyl sites for hydroxylation is 1. The molecule has 2 aromatic carbocycles. The average Bonchev–Trinajstić information content (AvgIpc) is 2.78. The summed E-state index contributed by atoms with van der Waals surface area (Å²) in [4.78, 5) is 27.6. The number of nitrogens with one attached hydrogen (secondary N) is 3. The minimum Gasteiger partial charge on any atom is -0.342 e. The van der Waals surface area contributed by atoms with Crippen LogP contribution < -0.4 is 16.0 Å². The van der Waals surface area contributed by atoms with Crippen molar-refractivity contribution in [2.75, 3.05) is 18.9 Å². The number of carbonyl (C=O) groups is 2. The molecular weight excluding hydrogens is 407 g/mol. The van der Waals surface area contributed by atoms with E-state index >= 15 is 0 Å². The van der Waals surface area contributed by atoms with Crippen LogP contribution >= 0.6 is 0 Å². The molecule has 2 heterocycles. The topological polar surface area (TPSA) is 73.5 Å². The van der Waals surface area contributed by atoms with Crippen LogP contribution in [0.3, 0.4) is 0 Å². The van der Waals surface area contributed by atoms with Crippen molar-refractivity contribution in [1.29, 1.82) is 0 Å². The average molecular weight is 439 g/mol. The van der Waals surface area contributed by atoms with E-state index < -0.39 is 0 Å². The van der Waals surface area contributed by atoms with Gasteiger partial charge in [0, 0.05) is 37.9 Å². The second kappa shape index (κ2) is 9.28. The lowest BCUT2D eigenvalue weighted by Crippen LogP contribution is -2.57. The van der Waals surface area contributed by atoms with Crippen molar-refractivity contribution in [3.63, 3.8) is 0 Å². The number of carbonyl (C=O) groups excluding carboxylic acids is 2. The van der Waals surface area contributed by atoms with Crippen LogP contribution in [0.25, 0.3) is 0 Å². The normalized spacial score (nSPS) is 25.2. The predicted molar refractivity (Wildman–Crippen MR) is 123 cm³/mol. The Labute approximate surface area is 188 Å². The van der Waals surface area contributed by atoms with Gasteiger partial charge in [0.2, 0.25) is 5.91 Å². The van der Waals surface area contributed by atoms with Crippen molar-refractivity contribution in [3.05, 3.63) is 65.0 Å². The number of fused-ring (bicyclic) bond motifs is 1. The quantitative estimate of drug-likeness (QED) is 0.680. The zero-order valence-electron chi connectivity index (χ0n) is 18.8. The van der Waals surface area contributed by atoms with Crippen LogP contribution in [0.15, 0.2) is 42.5 Å². The largest absolute Gasteiger partial charge is 0.342 e. The molecule has 4 unspecified atom stereocenters. The zero-order chi connectivity index (χ0) is 22.8. The molecule has 2 aliphatic rings. The molecule has 2 aromatic rings. The van der Waals surface area contributed by atoms with Gasteiger partial charge in [0.25, 0.3) is 0 Å². The van der Waals surface area contributed by atoms with Crippen molar-refractivity contribution >= 4 is 17.6 Å². The van der Waals surface area contributed by atoms with Crippen LogP contribution in [-0.4, -0.2) is 42.5 Å². The molecule has 0 aliphatic carbocycles. The molecule has 2 fully saturated rings. The molecule has 0 saturated carbocycles. The van der Waals surface area contributed by atoms with Crippen molar-refractivity contribution < 1.29 is 14.0 Å². The Kier molecular flexibility index (Phi) is 6.46. The summed E-state index contributed by atoms with van der Waals surface area (Å²) < 4.78 is 13.0. The Balaban J connectivity index is 1.44. The first-order valence-electron chi connectivity index (χ1n) is 11.2. The zero-order valence-corrected chi connectivity index (χ0v) is 18.8. The number of urea groups is 1. The number of hydrogen-bond acceptors (Lipinski definition) is 3. The lowest BCUT2D eigenvalue weighted by Gasteiger charge is -2.47. The molecule has 0 spiro atoms. The highest BCUT2D eigenvalue weighted by atomic mass is 19.1. The number of benzene rings is 2. The lowest BCUT2D eigenvalue weighted by atomic mass is 9.75. The van der Waals surface area contributed by atoms with Crippen molar-refractivity contribution in [3.8, 4) is 0 Å². The number of piperidine rings is 2. The molecule has 2 aliphatic heterocycles. The summed E-state index contributed by atoms with van der Waals surface area (Å²) >= 11 is 0. The molecule has 3 N–H and O–H groups in total. The predicted octanol–water partition coefficient (Wildman–Crippen LogP) is 3.77. The van der Waals surface area contributed by atoms with E-state index in [1.165, 1.54) is 12.1 Å². The van der Waals surface area contributed by atoms with Gasteiger partial charge in [-0.05, 0) is 73.6 Å². The van der Waals surface area contributed by atoms with Gasteiger partial charge in [-0.2, -0.15) is 0 Å². The maximum absolute atomic E-state index is 13.2. The number of likely N-dealkylation sites (N-methyl/N-ethyl adjacent to an activating group) is 1. The minimum absolute atomic E-state index is 0.154. The fourth-order valence-corrected chi connectivity index (χ4v) is 4.97. The van der Waals surface area contributed by atoms with Gasteiger partial charge < -0.3 is 20.9 Å². The highest BCUT2D eigenvalue weighted by Gasteiger charge is 2.43. The number of hydrogen-bond donors (Lipinski definition) is 3. The SMILES string of the molecule is Cc1ccc(NC(=O)NCc2ccc(F)cc2)cc1C1CC2CNC(C)CC2N(C)C1=O. The summed E-state index contributed by atoms with van der Waals surface area (Å²) in [6, 6.07) is 12.1. The number of halogens is 1. The molecule has 0 radical (unpaired) electrons. The third-order valence-electron chi connectivity index (χ3n) is 6.83. The number of likely N-dealkylation sites (tertiary alicyclic amines) is 1. The van der Waals surface area contributed by atoms with Crippen molar-refractivity contribution in [2.24, 2.45) is 5.92 Å². The Hall–Kier alpha value is -2.93. The summed E-state index contributed by atoms with van der Waals surface area (Å²) in [7, 11) is 1.92. The van der Waals surface area contributed by atoms with E-state index in [0.29, 0.717) is 24.2 Å². The van der Waals surface area contributed by atoms with E-state index in [4.69, 9.17) is 0 Å². The Morgan fingerprint density at radius 1 is 1.19 bits per heavy atom. The summed E-state index contributed by atoms with van der Waals surface area (Å²) in [6.07, 6.45) is 1.79. The van der Waals surface area contributed by atoms with Gasteiger partial charge in [-0.3, -0.25) is 4.79 Å². The van der Waals surface area contributed by atoms with Gasteiger partial charge in [-0.1, -0.05) is 18.2 Å². The molecule has 0 aromatic heterocycles. The van der Waals surface area contributed by atoms with Crippen LogP contribution in [0.1, 0.15) is 42.4 Å². The number of nitrogens with zero attached hydrogens (tertiary/aromatic N) is 1. The maximum Gasteiger partial charge on any atom is 0.319 e. The van der Waals surface area contributed by atoms with Gasteiger partial charge >= 0.3 is 6.03 Å². The summed E-state index contributed by atoms with van der Waals surface area (Å²) in [5.41, 5.74) is 3.47. The number of amides is 3. The fourth-order valence-electron chi connectivity index (χ4n) is 4.97. The van der Waals surface area contributed by atoms with E-state index in [-0.39, 0.29) is 29.7 Å². The summed E-state index contributed by atoms with van der Waals surface area (Å²) in [5, 5.41) is 9.19. The molecule has 4 rings (SSSR count). The molecule has 3 amide bonds.